The maximum absolute atomic E-state index is 10.7. The molecule has 0 aliphatic heterocycles. The first-order valence-electron chi connectivity index (χ1n) is 10.5. The molecule has 2 fully saturated rings. The molecule has 3 aliphatic rings. The van der Waals surface area contributed by atoms with Crippen molar-refractivity contribution < 1.29 is 20.1 Å². The van der Waals surface area contributed by atoms with Crippen LogP contribution in [-0.4, -0.2) is 27.4 Å². The third kappa shape index (κ3) is 4.91. The Balaban J connectivity index is 1.51. The van der Waals surface area contributed by atoms with Crippen LogP contribution in [0.25, 0.3) is 0 Å². The second kappa shape index (κ2) is 9.07. The van der Waals surface area contributed by atoms with Crippen molar-refractivity contribution in [2.75, 3.05) is 0 Å². The molecule has 4 atom stereocenters. The maximum Gasteiger partial charge on any atom is 0.303 e. The van der Waals surface area contributed by atoms with Gasteiger partial charge in [0.05, 0.1) is 11.9 Å². The van der Waals surface area contributed by atoms with Crippen LogP contribution < -0.4 is 0 Å². The zero-order chi connectivity index (χ0) is 18.5. The molecule has 0 bridgehead atoms. The zero-order valence-corrected chi connectivity index (χ0v) is 15.8. The van der Waals surface area contributed by atoms with Gasteiger partial charge in [-0.1, -0.05) is 43.8 Å². The highest BCUT2D eigenvalue weighted by Crippen LogP contribution is 2.49. The minimum absolute atomic E-state index is 0.114. The number of allylic oxidation sites excluding steroid dienone is 3. The van der Waals surface area contributed by atoms with Crippen LogP contribution in [0.5, 0.6) is 0 Å². The van der Waals surface area contributed by atoms with Gasteiger partial charge in [-0.2, -0.15) is 0 Å². The maximum atomic E-state index is 10.7. The van der Waals surface area contributed by atoms with Crippen LogP contribution >= 0.6 is 0 Å². The molecule has 0 heterocycles. The monoisotopic (exact) mass is 362 g/mol. The smallest absolute Gasteiger partial charge is 0.303 e. The average molecular weight is 363 g/mol. The normalized spacial score (nSPS) is 32.5. The Morgan fingerprint density at radius 2 is 1.92 bits per heavy atom. The summed E-state index contributed by atoms with van der Waals surface area (Å²) in [6.45, 7) is 0. The number of unbranched alkanes of at least 4 members (excludes halogenated alkanes) is 1. The van der Waals surface area contributed by atoms with Crippen molar-refractivity contribution in [2.45, 2.75) is 83.2 Å². The lowest BCUT2D eigenvalue weighted by molar-refractivity contribution is -0.137. The summed E-state index contributed by atoms with van der Waals surface area (Å²) in [4.78, 5) is 10.6. The summed E-state index contributed by atoms with van der Waals surface area (Å²) >= 11 is 0. The second-order valence-corrected chi connectivity index (χ2v) is 8.66. The third-order valence-corrected chi connectivity index (χ3v) is 6.75. The van der Waals surface area contributed by atoms with Crippen molar-refractivity contribution in [3.8, 4) is 0 Å². The van der Waals surface area contributed by atoms with Gasteiger partial charge in [-0.15, -0.1) is 0 Å². The average Bonchev–Trinajstić information content (AvgIpc) is 3.13. The predicted octanol–water partition coefficient (Wildman–Crippen LogP) is 4.99. The lowest BCUT2D eigenvalue weighted by Gasteiger charge is -2.23. The fourth-order valence-corrected chi connectivity index (χ4v) is 5.37. The van der Waals surface area contributed by atoms with Crippen molar-refractivity contribution in [1.29, 1.82) is 0 Å². The van der Waals surface area contributed by atoms with Gasteiger partial charge in [-0.05, 0) is 62.4 Å². The van der Waals surface area contributed by atoms with E-state index in [9.17, 15) is 15.0 Å². The Morgan fingerprint density at radius 1 is 1.15 bits per heavy atom. The molecular formula is C22H34O4. The molecule has 3 rings (SSSR count). The Morgan fingerprint density at radius 3 is 2.65 bits per heavy atom. The topological polar surface area (TPSA) is 77.8 Å². The molecule has 0 saturated heterocycles. The standard InChI is InChI=1S/C22H34O4/c23-19(11-10-15-6-2-1-3-7-15)22-18-13-16(8-4-5-9-21(25)26)12-17(18)14-20(22)24/h11-12,15,17-18,20,22-24H,1-10,13-14H2,(H,25,26)/t17-,18-,20-,22+/m1/s1. The first-order chi connectivity index (χ1) is 12.5. The second-order valence-electron chi connectivity index (χ2n) is 8.66. The predicted molar refractivity (Wildman–Crippen MR) is 102 cm³/mol. The highest BCUT2D eigenvalue weighted by atomic mass is 16.4. The van der Waals surface area contributed by atoms with E-state index < -0.39 is 12.1 Å². The number of hydrogen-bond acceptors (Lipinski definition) is 3. The lowest BCUT2D eigenvalue weighted by Crippen LogP contribution is -2.22. The number of hydrogen-bond donors (Lipinski definition) is 3. The van der Waals surface area contributed by atoms with E-state index in [1.54, 1.807) is 0 Å². The van der Waals surface area contributed by atoms with Crippen molar-refractivity contribution >= 4 is 5.97 Å². The summed E-state index contributed by atoms with van der Waals surface area (Å²) in [6.07, 6.45) is 15.8. The summed E-state index contributed by atoms with van der Waals surface area (Å²) in [7, 11) is 0. The molecular weight excluding hydrogens is 328 g/mol. The van der Waals surface area contributed by atoms with Crippen LogP contribution in [0.15, 0.2) is 23.5 Å². The SMILES string of the molecule is O=C(O)CCCCC1=C[C@@H]2C[C@@H](O)[C@H](C(O)=CCC3CCCCC3)[C@@H]2C1. The molecule has 2 saturated carbocycles. The molecule has 0 spiro atoms. The molecule has 0 radical (unpaired) electrons. The number of carboxylic acids is 1. The number of carboxylic acid groups (broad SMARTS) is 1. The molecule has 0 unspecified atom stereocenters. The van der Waals surface area contributed by atoms with Crippen LogP contribution in [0.2, 0.25) is 0 Å². The van der Waals surface area contributed by atoms with E-state index in [1.807, 2.05) is 6.08 Å². The third-order valence-electron chi connectivity index (χ3n) is 6.75. The first kappa shape index (κ1) is 19.5. The van der Waals surface area contributed by atoms with Crippen molar-refractivity contribution in [2.24, 2.45) is 23.7 Å². The Kier molecular flexibility index (Phi) is 6.80. The summed E-state index contributed by atoms with van der Waals surface area (Å²) in [5.74, 6) is 0.967. The van der Waals surface area contributed by atoms with Gasteiger partial charge in [0.2, 0.25) is 0 Å². The molecule has 3 aliphatic carbocycles. The number of aliphatic hydroxyl groups is 2. The quantitative estimate of drug-likeness (QED) is 0.323. The van der Waals surface area contributed by atoms with Crippen molar-refractivity contribution in [1.82, 2.24) is 0 Å². The van der Waals surface area contributed by atoms with Gasteiger partial charge in [0.15, 0.2) is 0 Å². The highest BCUT2D eigenvalue weighted by Gasteiger charge is 2.46. The number of aliphatic carboxylic acids is 1. The minimum atomic E-state index is -0.724. The van der Waals surface area contributed by atoms with E-state index in [1.165, 1.54) is 37.7 Å². The van der Waals surface area contributed by atoms with Crippen molar-refractivity contribution in [3.63, 3.8) is 0 Å². The van der Waals surface area contributed by atoms with E-state index >= 15 is 0 Å². The number of aliphatic hydroxyl groups excluding tert-OH is 2. The van der Waals surface area contributed by atoms with E-state index in [0.29, 0.717) is 23.5 Å². The lowest BCUT2D eigenvalue weighted by atomic mass is 9.84. The van der Waals surface area contributed by atoms with E-state index in [0.717, 1.165) is 38.5 Å². The fraction of sp³-hybridized carbons (Fsp3) is 0.773. The van der Waals surface area contributed by atoms with Gasteiger partial charge in [0.25, 0.3) is 0 Å². The van der Waals surface area contributed by atoms with Gasteiger partial charge in [-0.3, -0.25) is 4.79 Å². The molecule has 3 N–H and O–H groups in total. The fourth-order valence-electron chi connectivity index (χ4n) is 5.37. The Hall–Kier alpha value is -1.29. The van der Waals surface area contributed by atoms with Gasteiger partial charge in [-0.25, -0.2) is 0 Å². The van der Waals surface area contributed by atoms with E-state index in [2.05, 4.69) is 6.08 Å². The molecule has 4 nitrogen and oxygen atoms in total. The van der Waals surface area contributed by atoms with Gasteiger partial charge in [0, 0.05) is 12.3 Å². The summed E-state index contributed by atoms with van der Waals surface area (Å²) in [5, 5.41) is 29.9. The van der Waals surface area contributed by atoms with E-state index in [-0.39, 0.29) is 12.3 Å². The van der Waals surface area contributed by atoms with Gasteiger partial charge < -0.3 is 15.3 Å². The molecule has 4 heteroatoms. The molecule has 0 aromatic carbocycles. The van der Waals surface area contributed by atoms with Gasteiger partial charge >= 0.3 is 5.97 Å². The summed E-state index contributed by atoms with van der Waals surface area (Å²) in [6, 6.07) is 0. The highest BCUT2D eigenvalue weighted by molar-refractivity contribution is 5.66. The molecule has 0 aromatic heterocycles. The van der Waals surface area contributed by atoms with Crippen molar-refractivity contribution in [3.05, 3.63) is 23.5 Å². The molecule has 26 heavy (non-hydrogen) atoms. The molecule has 0 aromatic rings. The number of rotatable bonds is 8. The largest absolute Gasteiger partial charge is 0.512 e. The number of carbonyl (C=O) groups is 1. The van der Waals surface area contributed by atoms with E-state index in [4.69, 9.17) is 5.11 Å². The summed E-state index contributed by atoms with van der Waals surface area (Å²) < 4.78 is 0. The van der Waals surface area contributed by atoms with Gasteiger partial charge in [0.1, 0.15) is 0 Å². The Labute approximate surface area is 157 Å². The van der Waals surface area contributed by atoms with Crippen LogP contribution in [0.3, 0.4) is 0 Å². The minimum Gasteiger partial charge on any atom is -0.512 e. The number of fused-ring (bicyclic) bond motifs is 1. The Bertz CT molecular complexity index is 544. The summed E-state index contributed by atoms with van der Waals surface area (Å²) in [5.41, 5.74) is 1.39. The first-order valence-corrected chi connectivity index (χ1v) is 10.5. The van der Waals surface area contributed by atoms with Crippen LogP contribution in [0.4, 0.5) is 0 Å². The van der Waals surface area contributed by atoms with Crippen LogP contribution in [-0.2, 0) is 4.79 Å². The molecule has 146 valence electrons. The van der Waals surface area contributed by atoms with Crippen LogP contribution in [0, 0.1) is 23.7 Å². The zero-order valence-electron chi connectivity index (χ0n) is 15.8. The molecule has 0 amide bonds. The van der Waals surface area contributed by atoms with Crippen LogP contribution in [0.1, 0.15) is 77.0 Å².